The van der Waals surface area contributed by atoms with Crippen molar-refractivity contribution in [2.75, 3.05) is 11.8 Å². The van der Waals surface area contributed by atoms with Crippen molar-refractivity contribution in [3.63, 3.8) is 0 Å². The number of hydrogen-bond acceptors (Lipinski definition) is 5. The summed E-state index contributed by atoms with van der Waals surface area (Å²) in [4.78, 5) is 14.8. The van der Waals surface area contributed by atoms with Gasteiger partial charge in [-0.05, 0) is 18.2 Å². The van der Waals surface area contributed by atoms with Gasteiger partial charge in [0.15, 0.2) is 5.03 Å². The average molecular weight is 327 g/mol. The zero-order chi connectivity index (χ0) is 16.3. The highest BCUT2D eigenvalue weighted by molar-refractivity contribution is 7.92. The number of methoxy groups -OCH3 is 1. The number of halogens is 2. The Balaban J connectivity index is 2.39. The second-order valence-corrected chi connectivity index (χ2v) is 5.63. The standard InChI is InChI=1S/C13H9F2N2O4S/c1-21-13(18)8-6-10(15)11(7-9(8)14)17-22(19,20)12-4-2-3-5-16-12/h2,4-7,17H,1H3. The molecule has 0 spiro atoms. The van der Waals surface area contributed by atoms with Crippen LogP contribution in [0.25, 0.3) is 0 Å². The van der Waals surface area contributed by atoms with Gasteiger partial charge in [-0.2, -0.15) is 8.42 Å². The van der Waals surface area contributed by atoms with Crippen molar-refractivity contribution in [1.82, 2.24) is 4.98 Å². The summed E-state index contributed by atoms with van der Waals surface area (Å²) in [6.07, 6.45) is 1.12. The quantitative estimate of drug-likeness (QED) is 0.865. The molecule has 0 unspecified atom stereocenters. The minimum absolute atomic E-state index is 0.386. The van der Waals surface area contributed by atoms with Crippen LogP contribution >= 0.6 is 0 Å². The van der Waals surface area contributed by atoms with Crippen LogP contribution in [0.5, 0.6) is 0 Å². The first-order chi connectivity index (χ1) is 10.3. The lowest BCUT2D eigenvalue weighted by molar-refractivity contribution is 0.0595. The molecule has 2 rings (SSSR count). The molecule has 0 fully saturated rings. The number of esters is 1. The van der Waals surface area contributed by atoms with Crippen molar-refractivity contribution in [1.29, 1.82) is 0 Å². The Morgan fingerprint density at radius 3 is 2.64 bits per heavy atom. The Labute approximate surface area is 124 Å². The molecule has 0 aliphatic carbocycles. The fraction of sp³-hybridized carbons (Fsp3) is 0.0769. The normalized spacial score (nSPS) is 11.0. The highest BCUT2D eigenvalue weighted by Gasteiger charge is 2.21. The molecule has 2 aromatic rings. The summed E-state index contributed by atoms with van der Waals surface area (Å²) in [5, 5.41) is -0.386. The van der Waals surface area contributed by atoms with Crippen LogP contribution in [0.3, 0.4) is 0 Å². The monoisotopic (exact) mass is 327 g/mol. The van der Waals surface area contributed by atoms with Crippen LogP contribution in [-0.4, -0.2) is 26.5 Å². The summed E-state index contributed by atoms with van der Waals surface area (Å²) >= 11 is 0. The maximum atomic E-state index is 13.8. The molecular weight excluding hydrogens is 318 g/mol. The number of nitrogens with one attached hydrogen (secondary N) is 1. The number of nitrogens with zero attached hydrogens (tertiary/aromatic N) is 1. The largest absolute Gasteiger partial charge is 0.465 e. The lowest BCUT2D eigenvalue weighted by atomic mass is 10.2. The second-order valence-electron chi connectivity index (χ2n) is 4.01. The van der Waals surface area contributed by atoms with Crippen LogP contribution in [0, 0.1) is 17.7 Å². The lowest BCUT2D eigenvalue weighted by Crippen LogP contribution is -2.16. The van der Waals surface area contributed by atoms with Crippen LogP contribution in [0.15, 0.2) is 35.5 Å². The van der Waals surface area contributed by atoms with Crippen molar-refractivity contribution in [2.45, 2.75) is 5.03 Å². The molecular formula is C13H9F2N2O4S. The summed E-state index contributed by atoms with van der Waals surface area (Å²) in [7, 11) is -3.19. The summed E-state index contributed by atoms with van der Waals surface area (Å²) in [6.45, 7) is 0. The van der Waals surface area contributed by atoms with Crippen molar-refractivity contribution in [2.24, 2.45) is 0 Å². The number of rotatable bonds is 4. The third-order valence-corrected chi connectivity index (χ3v) is 3.85. The van der Waals surface area contributed by atoms with E-state index in [1.807, 2.05) is 4.72 Å². The van der Waals surface area contributed by atoms with E-state index in [0.717, 1.165) is 19.4 Å². The molecule has 0 aliphatic rings. The highest BCUT2D eigenvalue weighted by Crippen LogP contribution is 2.22. The third-order valence-electron chi connectivity index (χ3n) is 2.57. The number of benzene rings is 1. The topological polar surface area (TPSA) is 85.4 Å². The van der Waals surface area contributed by atoms with Gasteiger partial charge < -0.3 is 4.74 Å². The van der Waals surface area contributed by atoms with Crippen LogP contribution < -0.4 is 4.72 Å². The van der Waals surface area contributed by atoms with Gasteiger partial charge in [0.1, 0.15) is 11.6 Å². The van der Waals surface area contributed by atoms with Gasteiger partial charge in [-0.15, -0.1) is 0 Å². The predicted octanol–water partition coefficient (Wildman–Crippen LogP) is 1.75. The van der Waals surface area contributed by atoms with E-state index in [1.54, 1.807) is 0 Å². The molecule has 0 atom stereocenters. The van der Waals surface area contributed by atoms with Crippen molar-refractivity contribution < 1.29 is 26.7 Å². The fourth-order valence-electron chi connectivity index (χ4n) is 1.55. The Kier molecular flexibility index (Phi) is 4.36. The molecule has 0 saturated carbocycles. The van der Waals surface area contributed by atoms with Crippen LogP contribution in [-0.2, 0) is 14.8 Å². The van der Waals surface area contributed by atoms with Crippen LogP contribution in [0.1, 0.15) is 10.4 Å². The maximum absolute atomic E-state index is 13.8. The summed E-state index contributed by atoms with van der Waals surface area (Å²) in [5.41, 5.74) is -1.30. The van der Waals surface area contributed by atoms with Gasteiger partial charge in [-0.1, -0.05) is 0 Å². The van der Waals surface area contributed by atoms with Gasteiger partial charge in [0.2, 0.25) is 0 Å². The van der Waals surface area contributed by atoms with E-state index in [1.165, 1.54) is 6.07 Å². The first-order valence-corrected chi connectivity index (χ1v) is 7.26. The third kappa shape index (κ3) is 3.19. The molecule has 115 valence electrons. The first-order valence-electron chi connectivity index (χ1n) is 5.77. The molecule has 1 N–H and O–H groups in total. The molecule has 0 amide bonds. The van der Waals surface area contributed by atoms with Gasteiger partial charge in [0, 0.05) is 18.3 Å². The SMILES string of the molecule is COC(=O)c1cc(F)c(NS(=O)(=O)c2cc[c]cn2)cc1F. The minimum Gasteiger partial charge on any atom is -0.465 e. The maximum Gasteiger partial charge on any atom is 0.340 e. The number of carbonyl (C=O) groups is 1. The molecule has 0 saturated heterocycles. The van der Waals surface area contributed by atoms with E-state index in [9.17, 15) is 22.0 Å². The van der Waals surface area contributed by atoms with Gasteiger partial charge >= 0.3 is 5.97 Å². The zero-order valence-electron chi connectivity index (χ0n) is 11.1. The molecule has 1 heterocycles. The molecule has 0 bridgehead atoms. The summed E-state index contributed by atoms with van der Waals surface area (Å²) in [5.74, 6) is -3.33. The van der Waals surface area contributed by atoms with Gasteiger partial charge in [-0.3, -0.25) is 4.72 Å². The molecule has 6 nitrogen and oxygen atoms in total. The summed E-state index contributed by atoms with van der Waals surface area (Å²) < 4.78 is 57.7. The number of ether oxygens (including phenoxy) is 1. The van der Waals surface area contributed by atoms with E-state index in [0.29, 0.717) is 12.1 Å². The van der Waals surface area contributed by atoms with Crippen LogP contribution in [0.4, 0.5) is 14.5 Å². The summed E-state index contributed by atoms with van der Waals surface area (Å²) in [6, 6.07) is 6.07. The van der Waals surface area contributed by atoms with E-state index in [-0.39, 0.29) is 5.03 Å². The van der Waals surface area contributed by atoms with E-state index in [4.69, 9.17) is 0 Å². The molecule has 0 aliphatic heterocycles. The van der Waals surface area contributed by atoms with Crippen molar-refractivity contribution in [3.05, 3.63) is 53.7 Å². The molecule has 1 aromatic heterocycles. The predicted molar refractivity (Wildman–Crippen MR) is 71.6 cm³/mol. The Hall–Kier alpha value is -2.55. The van der Waals surface area contributed by atoms with Crippen molar-refractivity contribution >= 4 is 21.7 Å². The average Bonchev–Trinajstić information content (AvgIpc) is 2.50. The Morgan fingerprint density at radius 1 is 1.32 bits per heavy atom. The van der Waals surface area contributed by atoms with E-state index < -0.39 is 38.9 Å². The van der Waals surface area contributed by atoms with Crippen LogP contribution in [0.2, 0.25) is 0 Å². The number of pyridine rings is 1. The smallest absolute Gasteiger partial charge is 0.340 e. The van der Waals surface area contributed by atoms with Gasteiger partial charge in [0.05, 0.1) is 18.4 Å². The number of aromatic nitrogens is 1. The lowest BCUT2D eigenvalue weighted by Gasteiger charge is -2.10. The Bertz CT molecular complexity index is 810. The van der Waals surface area contributed by atoms with E-state index in [2.05, 4.69) is 15.8 Å². The highest BCUT2D eigenvalue weighted by atomic mass is 32.2. The van der Waals surface area contributed by atoms with Crippen molar-refractivity contribution in [3.8, 4) is 0 Å². The number of sulfonamides is 1. The molecule has 1 aromatic carbocycles. The van der Waals surface area contributed by atoms with Gasteiger partial charge in [-0.25, -0.2) is 18.6 Å². The molecule has 22 heavy (non-hydrogen) atoms. The first kappa shape index (κ1) is 15.8. The molecule has 9 heteroatoms. The Morgan fingerprint density at radius 2 is 2.05 bits per heavy atom. The number of anilines is 1. The van der Waals surface area contributed by atoms with E-state index >= 15 is 0 Å². The molecule has 1 radical (unpaired) electrons. The number of hydrogen-bond donors (Lipinski definition) is 1. The minimum atomic E-state index is -4.20. The van der Waals surface area contributed by atoms with Gasteiger partial charge in [0.25, 0.3) is 10.0 Å². The zero-order valence-corrected chi connectivity index (χ0v) is 11.9. The fourth-order valence-corrected chi connectivity index (χ4v) is 2.54. The number of carbonyl (C=O) groups excluding carboxylic acids is 1. The second kappa shape index (κ2) is 6.06.